The highest BCUT2D eigenvalue weighted by molar-refractivity contribution is 6.09. The number of benzene rings is 3. The normalized spacial score (nSPS) is 10.3. The number of rotatable bonds is 6. The van der Waals surface area contributed by atoms with E-state index in [0.29, 0.717) is 16.8 Å². The van der Waals surface area contributed by atoms with E-state index >= 15 is 0 Å². The average molecular weight is 387 g/mol. The molecule has 1 N–H and O–H groups in total. The van der Waals surface area contributed by atoms with Gasteiger partial charge in [0.1, 0.15) is 0 Å². The van der Waals surface area contributed by atoms with E-state index in [9.17, 15) is 14.4 Å². The predicted molar refractivity (Wildman–Crippen MR) is 111 cm³/mol. The average Bonchev–Trinajstić information content (AvgIpc) is 2.75. The van der Waals surface area contributed by atoms with Crippen LogP contribution in [0, 0.1) is 13.8 Å². The lowest BCUT2D eigenvalue weighted by Gasteiger charge is -2.10. The number of carbonyl (C=O) groups is 3. The minimum Gasteiger partial charge on any atom is -0.452 e. The van der Waals surface area contributed by atoms with Crippen molar-refractivity contribution < 1.29 is 19.1 Å². The van der Waals surface area contributed by atoms with Crippen LogP contribution in [0.25, 0.3) is 0 Å². The molecule has 29 heavy (non-hydrogen) atoms. The number of amides is 1. The van der Waals surface area contributed by atoms with Crippen molar-refractivity contribution in [3.8, 4) is 0 Å². The second-order valence-corrected chi connectivity index (χ2v) is 6.72. The largest absolute Gasteiger partial charge is 0.452 e. The summed E-state index contributed by atoms with van der Waals surface area (Å²) < 4.78 is 5.08. The van der Waals surface area contributed by atoms with Crippen LogP contribution in [-0.4, -0.2) is 24.3 Å². The van der Waals surface area contributed by atoms with Crippen molar-refractivity contribution in [1.82, 2.24) is 0 Å². The zero-order valence-corrected chi connectivity index (χ0v) is 16.3. The van der Waals surface area contributed by atoms with Gasteiger partial charge in [0.15, 0.2) is 12.4 Å². The van der Waals surface area contributed by atoms with Crippen LogP contribution in [0.1, 0.15) is 37.4 Å². The molecule has 5 heteroatoms. The molecule has 0 aliphatic heterocycles. The molecule has 0 aliphatic rings. The van der Waals surface area contributed by atoms with Gasteiger partial charge in [0.05, 0.1) is 5.56 Å². The number of hydrogen-bond donors (Lipinski definition) is 1. The summed E-state index contributed by atoms with van der Waals surface area (Å²) in [7, 11) is 0. The van der Waals surface area contributed by atoms with E-state index in [4.69, 9.17) is 4.74 Å². The van der Waals surface area contributed by atoms with Crippen LogP contribution in [-0.2, 0) is 9.53 Å². The first kappa shape index (κ1) is 20.0. The molecule has 0 heterocycles. The first-order valence-electron chi connectivity index (χ1n) is 9.18. The van der Waals surface area contributed by atoms with Crippen LogP contribution in [0.3, 0.4) is 0 Å². The smallest absolute Gasteiger partial charge is 0.338 e. The van der Waals surface area contributed by atoms with Gasteiger partial charge in [-0.2, -0.15) is 0 Å². The van der Waals surface area contributed by atoms with Crippen molar-refractivity contribution in [3.63, 3.8) is 0 Å². The van der Waals surface area contributed by atoms with Crippen LogP contribution in [0.2, 0.25) is 0 Å². The van der Waals surface area contributed by atoms with E-state index < -0.39 is 18.5 Å². The summed E-state index contributed by atoms with van der Waals surface area (Å²) in [4.78, 5) is 36.7. The summed E-state index contributed by atoms with van der Waals surface area (Å²) in [5.74, 6) is -1.17. The fourth-order valence-electron chi connectivity index (χ4n) is 2.79. The monoisotopic (exact) mass is 387 g/mol. The first-order chi connectivity index (χ1) is 13.9. The lowest BCUT2D eigenvalue weighted by atomic mass is 10.0. The molecule has 0 spiro atoms. The minimum atomic E-state index is -0.625. The molecule has 0 saturated heterocycles. The minimum absolute atomic E-state index is 0.126. The first-order valence-corrected chi connectivity index (χ1v) is 9.18. The second kappa shape index (κ2) is 8.97. The van der Waals surface area contributed by atoms with Gasteiger partial charge in [-0.15, -0.1) is 0 Å². The highest BCUT2D eigenvalue weighted by Gasteiger charge is 2.13. The molecule has 3 aromatic rings. The van der Waals surface area contributed by atoms with Crippen molar-refractivity contribution >= 4 is 23.3 Å². The maximum absolute atomic E-state index is 12.4. The number of carbonyl (C=O) groups excluding carboxylic acids is 3. The third-order valence-electron chi connectivity index (χ3n) is 4.42. The number of anilines is 1. The number of aryl methyl sites for hydroxylation is 2. The number of esters is 1. The number of nitrogens with one attached hydrogen (secondary N) is 1. The Morgan fingerprint density at radius 2 is 1.41 bits per heavy atom. The van der Waals surface area contributed by atoms with Crippen molar-refractivity contribution in [3.05, 3.63) is 101 Å². The van der Waals surface area contributed by atoms with Crippen molar-refractivity contribution in [2.75, 3.05) is 11.9 Å². The fourth-order valence-corrected chi connectivity index (χ4v) is 2.79. The summed E-state index contributed by atoms with van der Waals surface area (Å²) in [6.07, 6.45) is 0. The van der Waals surface area contributed by atoms with Crippen LogP contribution in [0.5, 0.6) is 0 Å². The van der Waals surface area contributed by atoms with E-state index in [1.807, 2.05) is 38.1 Å². The molecule has 0 fully saturated rings. The van der Waals surface area contributed by atoms with E-state index in [1.54, 1.807) is 36.4 Å². The topological polar surface area (TPSA) is 72.5 Å². The fraction of sp³-hybridized carbons (Fsp3) is 0.125. The zero-order chi connectivity index (χ0) is 20.8. The van der Waals surface area contributed by atoms with E-state index in [2.05, 4.69) is 5.32 Å². The molecule has 3 rings (SSSR count). The van der Waals surface area contributed by atoms with Crippen molar-refractivity contribution in [2.24, 2.45) is 0 Å². The molecule has 5 nitrogen and oxygen atoms in total. The van der Waals surface area contributed by atoms with Gasteiger partial charge >= 0.3 is 5.97 Å². The van der Waals surface area contributed by atoms with Crippen molar-refractivity contribution in [1.29, 1.82) is 0 Å². The van der Waals surface area contributed by atoms with Crippen molar-refractivity contribution in [2.45, 2.75) is 13.8 Å². The van der Waals surface area contributed by atoms with Crippen LogP contribution < -0.4 is 5.32 Å². The molecular formula is C24H21NO4. The maximum atomic E-state index is 12.4. The van der Waals surface area contributed by atoms with E-state index in [0.717, 1.165) is 11.1 Å². The number of hydrogen-bond acceptors (Lipinski definition) is 4. The highest BCUT2D eigenvalue weighted by Crippen LogP contribution is 2.16. The summed E-state index contributed by atoms with van der Waals surface area (Å²) in [5, 5.41) is 2.74. The maximum Gasteiger partial charge on any atom is 0.338 e. The standard InChI is InChI=1S/C24H21NO4/c1-16-8-9-17(2)21(14-16)25-22(26)15-29-24(28)20-12-10-19(11-13-20)23(27)18-6-4-3-5-7-18/h3-14H,15H2,1-2H3,(H,25,26). The molecule has 0 radical (unpaired) electrons. The van der Waals surface area contributed by atoms with Gasteiger partial charge in [-0.25, -0.2) is 4.79 Å². The zero-order valence-electron chi connectivity index (χ0n) is 16.3. The lowest BCUT2D eigenvalue weighted by molar-refractivity contribution is -0.119. The third kappa shape index (κ3) is 5.17. The quantitative estimate of drug-likeness (QED) is 0.505. The van der Waals surface area contributed by atoms with Crippen LogP contribution in [0.4, 0.5) is 5.69 Å². The molecule has 0 atom stereocenters. The number of ether oxygens (including phenoxy) is 1. The molecular weight excluding hydrogens is 366 g/mol. The summed E-state index contributed by atoms with van der Waals surface area (Å²) in [6.45, 7) is 3.43. The molecule has 0 aliphatic carbocycles. The van der Waals surface area contributed by atoms with Gasteiger partial charge in [-0.1, -0.05) is 54.6 Å². The Morgan fingerprint density at radius 3 is 2.10 bits per heavy atom. The molecule has 0 aromatic heterocycles. The Hall–Kier alpha value is -3.73. The van der Waals surface area contributed by atoms with Gasteiger partial charge in [0.25, 0.3) is 5.91 Å². The Balaban J connectivity index is 1.57. The Labute approximate surface area is 169 Å². The molecule has 1 amide bonds. The van der Waals surface area contributed by atoms with Gasteiger partial charge in [-0.3, -0.25) is 9.59 Å². The Kier molecular flexibility index (Phi) is 6.19. The van der Waals surface area contributed by atoms with E-state index in [1.165, 1.54) is 12.1 Å². The van der Waals surface area contributed by atoms with Gasteiger partial charge in [0, 0.05) is 16.8 Å². The molecule has 0 bridgehead atoms. The summed E-state index contributed by atoms with van der Waals surface area (Å²) in [6, 6.07) is 20.8. The molecule has 0 saturated carbocycles. The SMILES string of the molecule is Cc1ccc(C)c(NC(=O)COC(=O)c2ccc(C(=O)c3ccccc3)cc2)c1. The lowest BCUT2D eigenvalue weighted by Crippen LogP contribution is -2.21. The molecule has 0 unspecified atom stereocenters. The highest BCUT2D eigenvalue weighted by atomic mass is 16.5. The van der Waals surface area contributed by atoms with Crippen LogP contribution >= 0.6 is 0 Å². The van der Waals surface area contributed by atoms with Gasteiger partial charge < -0.3 is 10.1 Å². The van der Waals surface area contributed by atoms with E-state index in [-0.39, 0.29) is 11.3 Å². The Morgan fingerprint density at radius 1 is 0.793 bits per heavy atom. The molecule has 146 valence electrons. The van der Waals surface area contributed by atoms with Gasteiger partial charge in [-0.05, 0) is 43.2 Å². The predicted octanol–water partition coefficient (Wildman–Crippen LogP) is 4.33. The Bertz CT molecular complexity index is 1040. The van der Waals surface area contributed by atoms with Crippen LogP contribution in [0.15, 0.2) is 72.8 Å². The second-order valence-electron chi connectivity index (χ2n) is 6.72. The summed E-state index contributed by atoms with van der Waals surface area (Å²) in [5.41, 5.74) is 3.96. The van der Waals surface area contributed by atoms with Gasteiger partial charge in [0.2, 0.25) is 0 Å². The molecule has 3 aromatic carbocycles. The third-order valence-corrected chi connectivity index (χ3v) is 4.42. The number of ketones is 1. The summed E-state index contributed by atoms with van der Waals surface area (Å²) >= 11 is 0.